The van der Waals surface area contributed by atoms with Crippen LogP contribution in [0.2, 0.25) is 0 Å². The van der Waals surface area contributed by atoms with E-state index in [4.69, 9.17) is 10.00 Å². The standard InChI is InChI=1S/C13H16N2OS/c1-15-10(4-3-7-14)9-17-13-6-5-11(16-2)8-12(13)15/h5-6,8,10H,3-4,9H2,1-2H3. The summed E-state index contributed by atoms with van der Waals surface area (Å²) < 4.78 is 5.26. The summed E-state index contributed by atoms with van der Waals surface area (Å²) in [7, 11) is 3.78. The molecular weight excluding hydrogens is 232 g/mol. The smallest absolute Gasteiger partial charge is 0.121 e. The lowest BCUT2D eigenvalue weighted by molar-refractivity contribution is 0.414. The van der Waals surface area contributed by atoms with Crippen molar-refractivity contribution in [3.05, 3.63) is 18.2 Å². The molecule has 1 aliphatic heterocycles. The highest BCUT2D eigenvalue weighted by Crippen LogP contribution is 2.39. The van der Waals surface area contributed by atoms with E-state index in [0.29, 0.717) is 12.5 Å². The Bertz CT molecular complexity index is 442. The molecule has 0 bridgehead atoms. The second-order valence-corrected chi connectivity index (χ2v) is 5.17. The Morgan fingerprint density at radius 2 is 2.41 bits per heavy atom. The van der Waals surface area contributed by atoms with Crippen LogP contribution < -0.4 is 9.64 Å². The molecule has 0 N–H and O–H groups in total. The molecule has 90 valence electrons. The average molecular weight is 248 g/mol. The predicted octanol–water partition coefficient (Wildman–Crippen LogP) is 2.91. The van der Waals surface area contributed by atoms with Crippen molar-refractivity contribution < 1.29 is 4.74 Å². The molecule has 0 saturated heterocycles. The van der Waals surface area contributed by atoms with E-state index in [1.54, 1.807) is 7.11 Å². The van der Waals surface area contributed by atoms with E-state index in [1.807, 2.05) is 17.8 Å². The molecule has 0 aromatic heterocycles. The fraction of sp³-hybridized carbons (Fsp3) is 0.462. The third-order valence-corrected chi connectivity index (χ3v) is 4.32. The molecule has 0 saturated carbocycles. The monoisotopic (exact) mass is 248 g/mol. The van der Waals surface area contributed by atoms with E-state index in [-0.39, 0.29) is 0 Å². The lowest BCUT2D eigenvalue weighted by Gasteiger charge is -2.35. The molecule has 0 radical (unpaired) electrons. The van der Waals surface area contributed by atoms with E-state index in [2.05, 4.69) is 30.1 Å². The minimum atomic E-state index is 0.444. The Kier molecular flexibility index (Phi) is 3.80. The molecule has 4 heteroatoms. The van der Waals surface area contributed by atoms with Crippen LogP contribution in [0.3, 0.4) is 0 Å². The third kappa shape index (κ3) is 2.50. The number of anilines is 1. The van der Waals surface area contributed by atoms with E-state index in [1.165, 1.54) is 10.6 Å². The number of benzene rings is 1. The van der Waals surface area contributed by atoms with E-state index in [0.717, 1.165) is 17.9 Å². The van der Waals surface area contributed by atoms with Crippen LogP contribution in [-0.4, -0.2) is 26.0 Å². The summed E-state index contributed by atoms with van der Waals surface area (Å²) >= 11 is 1.86. The number of fused-ring (bicyclic) bond motifs is 1. The minimum Gasteiger partial charge on any atom is -0.497 e. The number of methoxy groups -OCH3 is 1. The van der Waals surface area contributed by atoms with Crippen LogP contribution in [0.5, 0.6) is 5.75 Å². The first-order valence-electron chi connectivity index (χ1n) is 5.67. The Hall–Kier alpha value is -1.34. The molecule has 0 fully saturated rings. The minimum absolute atomic E-state index is 0.444. The molecule has 3 nitrogen and oxygen atoms in total. The molecule has 0 aliphatic carbocycles. The Labute approximate surface area is 106 Å². The van der Waals surface area contributed by atoms with Gasteiger partial charge < -0.3 is 9.64 Å². The van der Waals surface area contributed by atoms with Crippen LogP contribution in [-0.2, 0) is 0 Å². The van der Waals surface area contributed by atoms with Crippen molar-refractivity contribution in [1.29, 1.82) is 5.26 Å². The maximum atomic E-state index is 8.67. The summed E-state index contributed by atoms with van der Waals surface area (Å²) in [6, 6.07) is 8.84. The van der Waals surface area contributed by atoms with Crippen LogP contribution in [0.25, 0.3) is 0 Å². The highest BCUT2D eigenvalue weighted by atomic mass is 32.2. The first-order chi connectivity index (χ1) is 8.26. The van der Waals surface area contributed by atoms with Gasteiger partial charge in [0.1, 0.15) is 5.75 Å². The van der Waals surface area contributed by atoms with Crippen molar-refractivity contribution >= 4 is 17.4 Å². The first-order valence-corrected chi connectivity index (χ1v) is 6.65. The van der Waals surface area contributed by atoms with Gasteiger partial charge in [0.2, 0.25) is 0 Å². The van der Waals surface area contributed by atoms with Crippen LogP contribution >= 0.6 is 11.8 Å². The number of thioether (sulfide) groups is 1. The fourth-order valence-corrected chi connectivity index (χ4v) is 3.30. The van der Waals surface area contributed by atoms with Gasteiger partial charge in [0.25, 0.3) is 0 Å². The highest BCUT2D eigenvalue weighted by Gasteiger charge is 2.23. The van der Waals surface area contributed by atoms with Crippen molar-refractivity contribution in [2.75, 3.05) is 24.8 Å². The lowest BCUT2D eigenvalue weighted by Crippen LogP contribution is -2.36. The molecule has 17 heavy (non-hydrogen) atoms. The SMILES string of the molecule is COc1ccc2c(c1)N(C)C(CCC#N)CS2. The van der Waals surface area contributed by atoms with Crippen molar-refractivity contribution in [2.45, 2.75) is 23.8 Å². The summed E-state index contributed by atoms with van der Waals surface area (Å²) in [5.74, 6) is 1.94. The second kappa shape index (κ2) is 5.33. The molecule has 2 rings (SSSR count). The number of rotatable bonds is 3. The molecule has 1 aromatic carbocycles. The van der Waals surface area contributed by atoms with Gasteiger partial charge in [0.05, 0.1) is 18.9 Å². The van der Waals surface area contributed by atoms with Gasteiger partial charge in [-0.1, -0.05) is 0 Å². The summed E-state index contributed by atoms with van der Waals surface area (Å²) in [5, 5.41) is 8.67. The highest BCUT2D eigenvalue weighted by molar-refractivity contribution is 7.99. The molecule has 1 atom stereocenters. The van der Waals surface area contributed by atoms with Crippen LogP contribution in [0.15, 0.2) is 23.1 Å². The zero-order valence-electron chi connectivity index (χ0n) is 10.1. The van der Waals surface area contributed by atoms with Crippen LogP contribution in [0, 0.1) is 11.3 Å². The number of nitriles is 1. The maximum Gasteiger partial charge on any atom is 0.121 e. The number of hydrogen-bond acceptors (Lipinski definition) is 4. The largest absolute Gasteiger partial charge is 0.497 e. The first kappa shape index (κ1) is 12.1. The van der Waals surface area contributed by atoms with Crippen LogP contribution in [0.4, 0.5) is 5.69 Å². The molecule has 0 spiro atoms. The van der Waals surface area contributed by atoms with Crippen LogP contribution in [0.1, 0.15) is 12.8 Å². The van der Waals surface area contributed by atoms with Crippen molar-refractivity contribution in [2.24, 2.45) is 0 Å². The van der Waals surface area contributed by atoms with E-state index in [9.17, 15) is 0 Å². The van der Waals surface area contributed by atoms with Gasteiger partial charge in [-0.15, -0.1) is 11.8 Å². The molecule has 0 amide bonds. The summed E-state index contributed by atoms with van der Waals surface area (Å²) in [4.78, 5) is 3.56. The third-order valence-electron chi connectivity index (χ3n) is 3.11. The van der Waals surface area contributed by atoms with Crippen molar-refractivity contribution in [3.8, 4) is 11.8 Å². The van der Waals surface area contributed by atoms with Gasteiger partial charge in [0, 0.05) is 36.2 Å². The molecular formula is C13H16N2OS. The number of nitrogens with zero attached hydrogens (tertiary/aromatic N) is 2. The van der Waals surface area contributed by atoms with Gasteiger partial charge in [-0.25, -0.2) is 0 Å². The normalized spacial score (nSPS) is 18.4. The average Bonchev–Trinajstić information content (AvgIpc) is 2.38. The van der Waals surface area contributed by atoms with Gasteiger partial charge in [0.15, 0.2) is 0 Å². The molecule has 1 heterocycles. The number of hydrogen-bond donors (Lipinski definition) is 0. The molecule has 1 unspecified atom stereocenters. The van der Waals surface area contributed by atoms with E-state index >= 15 is 0 Å². The lowest BCUT2D eigenvalue weighted by atomic mass is 10.1. The van der Waals surface area contributed by atoms with Gasteiger partial charge >= 0.3 is 0 Å². The summed E-state index contributed by atoms with van der Waals surface area (Å²) in [5.41, 5.74) is 1.21. The summed E-state index contributed by atoms with van der Waals surface area (Å²) in [6.45, 7) is 0. The quantitative estimate of drug-likeness (QED) is 0.824. The Balaban J connectivity index is 2.21. The van der Waals surface area contributed by atoms with E-state index < -0.39 is 0 Å². The van der Waals surface area contributed by atoms with Crippen molar-refractivity contribution in [1.82, 2.24) is 0 Å². The zero-order valence-corrected chi connectivity index (χ0v) is 11.0. The molecule has 1 aliphatic rings. The number of ether oxygens (including phenoxy) is 1. The zero-order chi connectivity index (χ0) is 12.3. The maximum absolute atomic E-state index is 8.67. The summed E-state index contributed by atoms with van der Waals surface area (Å²) in [6.07, 6.45) is 1.55. The second-order valence-electron chi connectivity index (χ2n) is 4.11. The topological polar surface area (TPSA) is 36.3 Å². The fourth-order valence-electron chi connectivity index (χ4n) is 2.02. The van der Waals surface area contributed by atoms with Gasteiger partial charge in [-0.05, 0) is 18.6 Å². The Morgan fingerprint density at radius 1 is 1.59 bits per heavy atom. The van der Waals surface area contributed by atoms with Gasteiger partial charge in [-0.3, -0.25) is 0 Å². The molecule has 1 aromatic rings. The Morgan fingerprint density at radius 3 is 3.12 bits per heavy atom. The predicted molar refractivity (Wildman–Crippen MR) is 70.8 cm³/mol. The van der Waals surface area contributed by atoms with Crippen molar-refractivity contribution in [3.63, 3.8) is 0 Å². The van der Waals surface area contributed by atoms with Gasteiger partial charge in [-0.2, -0.15) is 5.26 Å².